The Balaban J connectivity index is 1.82. The van der Waals surface area contributed by atoms with Crippen molar-refractivity contribution in [1.82, 2.24) is 9.97 Å². The minimum atomic E-state index is -0.109. The van der Waals surface area contributed by atoms with Crippen LogP contribution in [0.1, 0.15) is 50.1 Å². The summed E-state index contributed by atoms with van der Waals surface area (Å²) in [5.74, 6) is 0. The van der Waals surface area contributed by atoms with E-state index in [9.17, 15) is 0 Å². The van der Waals surface area contributed by atoms with Crippen LogP contribution in [0.25, 0.3) is 33.2 Å². The molecular weight excluding hydrogens is 340 g/mol. The zero-order valence-electron chi connectivity index (χ0n) is 16.7. The number of hydrogen-bond acceptors (Lipinski definition) is 2. The Hall–Kier alpha value is -3.00. The van der Waals surface area contributed by atoms with Crippen LogP contribution in [-0.4, -0.2) is 9.97 Å². The molecule has 0 radical (unpaired) electrons. The Kier molecular flexibility index (Phi) is 2.79. The lowest BCUT2D eigenvalue weighted by Gasteiger charge is -2.25. The average molecular weight is 362 g/mol. The van der Waals surface area contributed by atoms with Crippen molar-refractivity contribution in [3.63, 3.8) is 0 Å². The number of benzene rings is 2. The van der Waals surface area contributed by atoms with Gasteiger partial charge in [0.25, 0.3) is 0 Å². The quantitative estimate of drug-likeness (QED) is 0.370. The van der Waals surface area contributed by atoms with E-state index in [1.54, 1.807) is 0 Å². The molecule has 0 saturated heterocycles. The minimum absolute atomic E-state index is 0.0844. The van der Waals surface area contributed by atoms with E-state index in [0.29, 0.717) is 0 Å². The summed E-state index contributed by atoms with van der Waals surface area (Å²) in [6, 6.07) is 17.5. The third-order valence-corrected chi connectivity index (χ3v) is 6.88. The van der Waals surface area contributed by atoms with Gasteiger partial charge in [-0.3, -0.25) is 9.97 Å². The van der Waals surface area contributed by atoms with Crippen LogP contribution in [0.2, 0.25) is 0 Å². The summed E-state index contributed by atoms with van der Waals surface area (Å²) in [7, 11) is 0. The van der Waals surface area contributed by atoms with Crippen molar-refractivity contribution in [1.29, 1.82) is 0 Å². The van der Waals surface area contributed by atoms with Gasteiger partial charge >= 0.3 is 0 Å². The number of rotatable bonds is 0. The smallest absolute Gasteiger partial charge is 0.0746 e. The van der Waals surface area contributed by atoms with Crippen molar-refractivity contribution < 1.29 is 0 Å². The van der Waals surface area contributed by atoms with E-state index in [2.05, 4.69) is 76.2 Å². The third-order valence-electron chi connectivity index (χ3n) is 6.88. The standard InChI is InChI=1S/C26H22N2/c1-25(2)19-10-7-13-27-23(19)17-11-12-18-21(22(17)25)20-16-9-6-5-8-15(16)14-28-24(20)26(18,3)4/h5-14H,1-4H3. The molecule has 0 saturated carbocycles. The Bertz CT molecular complexity index is 1310. The Labute approximate surface area is 165 Å². The molecule has 2 aromatic heterocycles. The summed E-state index contributed by atoms with van der Waals surface area (Å²) < 4.78 is 0. The van der Waals surface area contributed by atoms with Crippen LogP contribution in [0.5, 0.6) is 0 Å². The van der Waals surface area contributed by atoms with Crippen molar-refractivity contribution in [2.45, 2.75) is 38.5 Å². The second-order valence-electron chi connectivity index (χ2n) is 9.13. The van der Waals surface area contributed by atoms with Crippen molar-refractivity contribution in [3.8, 4) is 22.4 Å². The molecule has 0 unspecified atom stereocenters. The fourth-order valence-corrected chi connectivity index (χ4v) is 5.51. The summed E-state index contributed by atoms with van der Waals surface area (Å²) in [5, 5.41) is 2.50. The van der Waals surface area contributed by atoms with Crippen LogP contribution in [0, 0.1) is 0 Å². The first-order chi connectivity index (χ1) is 13.4. The van der Waals surface area contributed by atoms with E-state index in [-0.39, 0.29) is 10.8 Å². The van der Waals surface area contributed by atoms with Gasteiger partial charge in [0.2, 0.25) is 0 Å². The Morgan fingerprint density at radius 2 is 1.54 bits per heavy atom. The van der Waals surface area contributed by atoms with Crippen LogP contribution in [-0.2, 0) is 10.8 Å². The Morgan fingerprint density at radius 1 is 0.714 bits per heavy atom. The highest BCUT2D eigenvalue weighted by atomic mass is 14.7. The van der Waals surface area contributed by atoms with E-state index in [0.717, 1.165) is 5.69 Å². The summed E-state index contributed by atoms with van der Waals surface area (Å²) in [6.07, 6.45) is 3.94. The molecule has 28 heavy (non-hydrogen) atoms. The van der Waals surface area contributed by atoms with Crippen LogP contribution >= 0.6 is 0 Å². The monoisotopic (exact) mass is 362 g/mol. The molecule has 0 fully saturated rings. The van der Waals surface area contributed by atoms with Gasteiger partial charge in [0.15, 0.2) is 0 Å². The maximum Gasteiger partial charge on any atom is 0.0746 e. The molecular formula is C26H22N2. The third kappa shape index (κ3) is 1.70. The largest absolute Gasteiger partial charge is 0.259 e. The van der Waals surface area contributed by atoms with Crippen LogP contribution in [0.3, 0.4) is 0 Å². The maximum atomic E-state index is 4.96. The first-order valence-electron chi connectivity index (χ1n) is 9.95. The number of fused-ring (bicyclic) bond motifs is 9. The second-order valence-corrected chi connectivity index (χ2v) is 9.13. The molecule has 0 bridgehead atoms. The maximum absolute atomic E-state index is 4.96. The number of pyridine rings is 2. The highest BCUT2D eigenvalue weighted by Gasteiger charge is 2.46. The summed E-state index contributed by atoms with van der Waals surface area (Å²) in [4.78, 5) is 9.72. The Morgan fingerprint density at radius 3 is 2.39 bits per heavy atom. The zero-order chi connectivity index (χ0) is 19.3. The molecule has 0 atom stereocenters. The predicted molar refractivity (Wildman–Crippen MR) is 115 cm³/mol. The highest BCUT2D eigenvalue weighted by molar-refractivity contribution is 6.04. The van der Waals surface area contributed by atoms with E-state index >= 15 is 0 Å². The van der Waals surface area contributed by atoms with Gasteiger partial charge in [-0.2, -0.15) is 0 Å². The predicted octanol–water partition coefficient (Wildman–Crippen LogP) is 6.24. The first-order valence-corrected chi connectivity index (χ1v) is 9.95. The van der Waals surface area contributed by atoms with E-state index < -0.39 is 0 Å². The van der Waals surface area contributed by atoms with Crippen LogP contribution < -0.4 is 0 Å². The van der Waals surface area contributed by atoms with Crippen molar-refractivity contribution in [2.24, 2.45) is 0 Å². The molecule has 2 aromatic carbocycles. The fraction of sp³-hybridized carbons (Fsp3) is 0.231. The van der Waals surface area contributed by atoms with E-state index in [1.807, 2.05) is 12.4 Å². The van der Waals surface area contributed by atoms with E-state index in [1.165, 1.54) is 49.8 Å². The first kappa shape index (κ1) is 16.0. The summed E-state index contributed by atoms with van der Waals surface area (Å²) in [6.45, 7) is 9.28. The molecule has 2 heterocycles. The van der Waals surface area contributed by atoms with E-state index in [4.69, 9.17) is 9.97 Å². The summed E-state index contributed by atoms with van der Waals surface area (Å²) in [5.41, 5.74) is 10.2. The normalized spacial score (nSPS) is 17.1. The summed E-state index contributed by atoms with van der Waals surface area (Å²) >= 11 is 0. The molecule has 2 nitrogen and oxygen atoms in total. The molecule has 0 N–H and O–H groups in total. The van der Waals surface area contributed by atoms with Gasteiger partial charge in [-0.25, -0.2) is 0 Å². The van der Waals surface area contributed by atoms with Crippen molar-refractivity contribution in [2.75, 3.05) is 0 Å². The highest BCUT2D eigenvalue weighted by Crippen LogP contribution is 2.59. The number of aromatic nitrogens is 2. The topological polar surface area (TPSA) is 25.8 Å². The fourth-order valence-electron chi connectivity index (χ4n) is 5.51. The van der Waals surface area contributed by atoms with Gasteiger partial charge in [-0.15, -0.1) is 0 Å². The molecule has 0 spiro atoms. The molecule has 4 aromatic rings. The van der Waals surface area contributed by atoms with Gasteiger partial charge in [-0.1, -0.05) is 70.2 Å². The minimum Gasteiger partial charge on any atom is -0.259 e. The molecule has 2 aliphatic carbocycles. The molecule has 2 aliphatic rings. The zero-order valence-corrected chi connectivity index (χ0v) is 16.7. The molecule has 136 valence electrons. The lowest BCUT2D eigenvalue weighted by Crippen LogP contribution is -2.18. The van der Waals surface area contributed by atoms with Gasteiger partial charge in [0.1, 0.15) is 0 Å². The molecule has 6 rings (SSSR count). The molecule has 0 aliphatic heterocycles. The SMILES string of the molecule is CC1(C)c2ccc3c(c2-c2c1ncc1ccccc21)C(C)(C)c1cccnc1-3. The van der Waals surface area contributed by atoms with Crippen LogP contribution in [0.4, 0.5) is 0 Å². The number of hydrogen-bond donors (Lipinski definition) is 0. The van der Waals surface area contributed by atoms with Gasteiger partial charge < -0.3 is 0 Å². The second kappa shape index (κ2) is 4.88. The lowest BCUT2D eigenvalue weighted by atomic mass is 9.77. The van der Waals surface area contributed by atoms with Gasteiger partial charge in [-0.05, 0) is 33.7 Å². The average Bonchev–Trinajstić information content (AvgIpc) is 3.08. The van der Waals surface area contributed by atoms with Crippen LogP contribution in [0.15, 0.2) is 60.9 Å². The van der Waals surface area contributed by atoms with Crippen molar-refractivity contribution in [3.05, 3.63) is 83.3 Å². The van der Waals surface area contributed by atoms with Crippen molar-refractivity contribution >= 4 is 10.8 Å². The molecule has 0 amide bonds. The van der Waals surface area contributed by atoms with Gasteiger partial charge in [0, 0.05) is 39.7 Å². The van der Waals surface area contributed by atoms with Gasteiger partial charge in [0.05, 0.1) is 11.4 Å². The molecule has 2 heteroatoms. The number of nitrogens with zero attached hydrogens (tertiary/aromatic N) is 2. The lowest BCUT2D eigenvalue weighted by molar-refractivity contribution is 0.632.